The molecule has 2 N–H and O–H groups in total. The second-order valence-electron chi connectivity index (χ2n) is 18.2. The Morgan fingerprint density at radius 3 is 1.51 bits per heavy atom. The Morgan fingerprint density at radius 1 is 0.551 bits per heavy atom. The van der Waals surface area contributed by atoms with Gasteiger partial charge >= 0.3 is 12.1 Å². The molecule has 0 bridgehead atoms. The Labute approximate surface area is 404 Å². The summed E-state index contributed by atoms with van der Waals surface area (Å²) in [6, 6.07) is 53.6. The van der Waals surface area contributed by atoms with Crippen LogP contribution in [0.25, 0.3) is 11.1 Å². The van der Waals surface area contributed by atoms with E-state index in [0.717, 1.165) is 44.5 Å². The molecule has 358 valence electrons. The van der Waals surface area contributed by atoms with E-state index in [1.54, 1.807) is 20.8 Å². The van der Waals surface area contributed by atoms with Gasteiger partial charge in [0.2, 0.25) is 5.91 Å². The molecule has 2 aliphatic rings. The van der Waals surface area contributed by atoms with Crippen LogP contribution < -0.4 is 10.6 Å². The van der Waals surface area contributed by atoms with Crippen molar-refractivity contribution in [3.63, 3.8) is 0 Å². The number of nitrogens with one attached hydrogen (secondary N) is 2. The molecule has 6 aromatic rings. The van der Waals surface area contributed by atoms with Gasteiger partial charge in [0, 0.05) is 5.92 Å². The van der Waals surface area contributed by atoms with Crippen LogP contribution >= 0.6 is 0 Å². The summed E-state index contributed by atoms with van der Waals surface area (Å²) < 4.78 is 45.0. The van der Waals surface area contributed by atoms with Gasteiger partial charge in [-0.15, -0.1) is 0 Å². The van der Waals surface area contributed by atoms with E-state index in [1.165, 1.54) is 0 Å². The van der Waals surface area contributed by atoms with Crippen molar-refractivity contribution in [2.75, 3.05) is 13.2 Å². The van der Waals surface area contributed by atoms with E-state index < -0.39 is 66.7 Å². The number of esters is 1. The highest BCUT2D eigenvalue weighted by molar-refractivity contribution is 5.88. The highest BCUT2D eigenvalue weighted by Gasteiger charge is 2.49. The second kappa shape index (κ2) is 23.6. The minimum absolute atomic E-state index is 0.00898. The number of carbonyl (C=O) groups is 3. The normalized spacial score (nSPS) is 19.1. The number of ether oxygens (including phenoxy) is 7. The fraction of sp³-hybridized carbons (Fsp3) is 0.316. The number of hydrogen-bond acceptors (Lipinski definition) is 10. The molecule has 12 heteroatoms. The smallest absolute Gasteiger partial charge is 0.407 e. The minimum Gasteiger partial charge on any atom is -0.458 e. The third kappa shape index (κ3) is 13.5. The first-order valence-corrected chi connectivity index (χ1v) is 23.5. The van der Waals surface area contributed by atoms with Gasteiger partial charge in [-0.1, -0.05) is 170 Å². The number of alkyl carbamates (subject to hydrolysis) is 1. The molecule has 1 saturated heterocycles. The van der Waals surface area contributed by atoms with Crippen LogP contribution in [0.3, 0.4) is 0 Å². The van der Waals surface area contributed by atoms with Crippen LogP contribution in [-0.4, -0.2) is 73.5 Å². The molecule has 1 heterocycles. The van der Waals surface area contributed by atoms with E-state index in [2.05, 4.69) is 10.6 Å². The molecule has 2 amide bonds. The first-order valence-electron chi connectivity index (χ1n) is 23.5. The molecule has 0 aromatic heterocycles. The maximum Gasteiger partial charge on any atom is 0.407 e. The van der Waals surface area contributed by atoms with Gasteiger partial charge in [0.25, 0.3) is 0 Å². The monoisotopic (exact) mass is 932 g/mol. The fourth-order valence-electron chi connectivity index (χ4n) is 8.66. The molecule has 0 unspecified atom stereocenters. The lowest BCUT2D eigenvalue weighted by Gasteiger charge is -2.46. The Kier molecular flexibility index (Phi) is 16.7. The van der Waals surface area contributed by atoms with E-state index in [0.29, 0.717) is 6.61 Å². The summed E-state index contributed by atoms with van der Waals surface area (Å²) in [5, 5.41) is 5.65. The lowest BCUT2D eigenvalue weighted by Crippen LogP contribution is -2.65. The molecule has 6 aromatic carbocycles. The summed E-state index contributed by atoms with van der Waals surface area (Å²) in [5.41, 5.74) is 7.02. The van der Waals surface area contributed by atoms with Crippen LogP contribution in [0.5, 0.6) is 0 Å². The van der Waals surface area contributed by atoms with E-state index in [4.69, 9.17) is 33.2 Å². The number of benzene rings is 6. The van der Waals surface area contributed by atoms with Crippen molar-refractivity contribution >= 4 is 18.0 Å². The maximum atomic E-state index is 14.5. The largest absolute Gasteiger partial charge is 0.458 e. The van der Waals surface area contributed by atoms with E-state index in [1.807, 2.05) is 170 Å². The third-order valence-electron chi connectivity index (χ3n) is 11.9. The van der Waals surface area contributed by atoms with Crippen molar-refractivity contribution < 1.29 is 47.5 Å². The third-order valence-corrected chi connectivity index (χ3v) is 11.9. The summed E-state index contributed by atoms with van der Waals surface area (Å²) in [6.45, 7) is 6.10. The predicted molar refractivity (Wildman–Crippen MR) is 260 cm³/mol. The fourth-order valence-corrected chi connectivity index (χ4v) is 8.66. The predicted octanol–water partition coefficient (Wildman–Crippen LogP) is 9.44. The summed E-state index contributed by atoms with van der Waals surface area (Å²) in [5.74, 6) is -1.65. The lowest BCUT2D eigenvalue weighted by atomic mass is 9.96. The molecule has 1 aliphatic heterocycles. The number of amides is 2. The van der Waals surface area contributed by atoms with Gasteiger partial charge in [0.1, 0.15) is 42.7 Å². The van der Waals surface area contributed by atoms with E-state index in [-0.39, 0.29) is 39.0 Å². The van der Waals surface area contributed by atoms with Crippen molar-refractivity contribution in [1.82, 2.24) is 10.6 Å². The molecular weight excluding hydrogens is 873 g/mol. The van der Waals surface area contributed by atoms with Gasteiger partial charge in [-0.25, -0.2) is 9.59 Å². The highest BCUT2D eigenvalue weighted by Crippen LogP contribution is 2.44. The van der Waals surface area contributed by atoms with Crippen LogP contribution in [-0.2, 0) is 69.2 Å². The lowest BCUT2D eigenvalue weighted by molar-refractivity contribution is -0.277. The van der Waals surface area contributed by atoms with Gasteiger partial charge in [-0.05, 0) is 65.3 Å². The summed E-state index contributed by atoms with van der Waals surface area (Å²) in [4.78, 5) is 42.0. The van der Waals surface area contributed by atoms with Gasteiger partial charge in [-0.3, -0.25) is 4.79 Å². The molecule has 12 nitrogen and oxygen atoms in total. The van der Waals surface area contributed by atoms with Crippen molar-refractivity contribution in [2.45, 2.75) is 102 Å². The summed E-state index contributed by atoms with van der Waals surface area (Å²) >= 11 is 0. The highest BCUT2D eigenvalue weighted by atomic mass is 16.6. The molecule has 0 saturated carbocycles. The Hall–Kier alpha value is -6.67. The van der Waals surface area contributed by atoms with Crippen LogP contribution in [0.1, 0.15) is 66.5 Å². The maximum absolute atomic E-state index is 14.5. The number of hydrogen-bond donors (Lipinski definition) is 2. The molecule has 6 atom stereocenters. The second-order valence-corrected chi connectivity index (χ2v) is 18.2. The van der Waals surface area contributed by atoms with E-state index >= 15 is 0 Å². The summed E-state index contributed by atoms with van der Waals surface area (Å²) in [6.07, 6.45) is -5.81. The summed E-state index contributed by atoms with van der Waals surface area (Å²) in [7, 11) is 0. The standard InChI is InChI=1S/C57H60N2O10/c1-57(2,3)69-55(61)48(58-56(62)67-37-47-45-30-18-16-28-43(45)44-29-17-19-31-46(44)47)32-50(60)59-54-53(66-36-42-26-14-7-15-27-42)52(65-35-41-24-12-6-13-25-41)51(64-34-40-22-10-5-11-23-40)49(68-54)38-63-33-39-20-8-4-9-21-39/h4-31,47-49,51-54H,32-38H2,1-3H3,(H,58,62)(H,59,60)/t48-,49+,51-,52-,53+,54+/m0/s1. The quantitative estimate of drug-likeness (QED) is 0.0712. The van der Waals surface area contributed by atoms with Crippen molar-refractivity contribution in [3.8, 4) is 11.1 Å². The van der Waals surface area contributed by atoms with Gasteiger partial charge in [0.05, 0.1) is 39.5 Å². The Bertz CT molecular complexity index is 2530. The number of fused-ring (bicyclic) bond motifs is 3. The van der Waals surface area contributed by atoms with Crippen LogP contribution in [0.4, 0.5) is 4.79 Å². The van der Waals surface area contributed by atoms with Gasteiger partial charge < -0.3 is 43.8 Å². The molecule has 8 rings (SSSR count). The van der Waals surface area contributed by atoms with Gasteiger partial charge in [0.15, 0.2) is 6.23 Å². The Balaban J connectivity index is 1.05. The molecule has 1 aliphatic carbocycles. The van der Waals surface area contributed by atoms with Crippen molar-refractivity contribution in [3.05, 3.63) is 203 Å². The zero-order valence-corrected chi connectivity index (χ0v) is 39.2. The number of rotatable bonds is 20. The first-order chi connectivity index (χ1) is 33.6. The zero-order valence-electron chi connectivity index (χ0n) is 39.2. The molecular formula is C57H60N2O10. The van der Waals surface area contributed by atoms with Crippen LogP contribution in [0.15, 0.2) is 170 Å². The topological polar surface area (TPSA) is 140 Å². The van der Waals surface area contributed by atoms with Crippen LogP contribution in [0, 0.1) is 0 Å². The van der Waals surface area contributed by atoms with E-state index in [9.17, 15) is 14.4 Å². The van der Waals surface area contributed by atoms with Crippen molar-refractivity contribution in [1.29, 1.82) is 0 Å². The SMILES string of the molecule is CC(C)(C)OC(=O)[C@H](CC(=O)N[C@@H]1O[C@H](COCc2ccccc2)[C@H](OCc2ccccc2)[C@H](OCc2ccccc2)[C@H]1OCc1ccccc1)NC(=O)OCC1c2ccccc2-c2ccccc21. The zero-order chi connectivity index (χ0) is 48.0. The first kappa shape index (κ1) is 48.8. The average Bonchev–Trinajstić information content (AvgIpc) is 3.68. The molecule has 1 fully saturated rings. The van der Waals surface area contributed by atoms with Gasteiger partial charge in [-0.2, -0.15) is 0 Å². The molecule has 0 radical (unpaired) electrons. The van der Waals surface area contributed by atoms with Crippen molar-refractivity contribution in [2.24, 2.45) is 0 Å². The molecule has 0 spiro atoms. The Morgan fingerprint density at radius 2 is 1.00 bits per heavy atom. The number of carbonyl (C=O) groups excluding carboxylic acids is 3. The minimum atomic E-state index is -1.43. The van der Waals surface area contributed by atoms with Crippen LogP contribution in [0.2, 0.25) is 0 Å². The molecule has 69 heavy (non-hydrogen) atoms. The average molecular weight is 933 g/mol.